The van der Waals surface area contributed by atoms with Gasteiger partial charge in [0.2, 0.25) is 5.91 Å². The van der Waals surface area contributed by atoms with Crippen LogP contribution >= 0.6 is 0 Å². The fraction of sp³-hybridized carbons (Fsp3) is 0.231. The smallest absolute Gasteiger partial charge is 0.230 e. The van der Waals surface area contributed by atoms with Crippen molar-refractivity contribution in [2.24, 2.45) is 0 Å². The molecule has 1 aromatic carbocycles. The molecule has 0 aliphatic carbocycles. The molecule has 0 saturated carbocycles. The lowest BCUT2D eigenvalue weighted by atomic mass is 10.2. The zero-order valence-corrected chi connectivity index (χ0v) is 10.7. The molecule has 19 heavy (non-hydrogen) atoms. The maximum Gasteiger partial charge on any atom is 0.230 e. The molecule has 6 heteroatoms. The van der Waals surface area contributed by atoms with Crippen molar-refractivity contribution in [3.63, 3.8) is 0 Å². The van der Waals surface area contributed by atoms with E-state index in [1.807, 2.05) is 0 Å². The summed E-state index contributed by atoms with van der Waals surface area (Å²) in [6.45, 7) is 0. The van der Waals surface area contributed by atoms with Gasteiger partial charge in [-0.2, -0.15) is 0 Å². The van der Waals surface area contributed by atoms with Gasteiger partial charge in [-0.1, -0.05) is 0 Å². The molecule has 6 nitrogen and oxygen atoms in total. The predicted molar refractivity (Wildman–Crippen MR) is 68.4 cm³/mol. The van der Waals surface area contributed by atoms with Crippen molar-refractivity contribution in [1.82, 2.24) is 4.98 Å². The summed E-state index contributed by atoms with van der Waals surface area (Å²) in [7, 11) is 3.10. The van der Waals surface area contributed by atoms with Gasteiger partial charge in [-0.3, -0.25) is 4.79 Å². The Hall–Kier alpha value is -2.50. The van der Waals surface area contributed by atoms with Crippen LogP contribution in [0.15, 0.2) is 35.3 Å². The number of nitrogens with one attached hydrogen (secondary N) is 1. The number of carbonyl (C=O) groups is 1. The molecule has 0 radical (unpaired) electrons. The van der Waals surface area contributed by atoms with E-state index in [1.165, 1.54) is 19.8 Å². The summed E-state index contributed by atoms with van der Waals surface area (Å²) >= 11 is 0. The Kier molecular flexibility index (Phi) is 4.02. The number of rotatable bonds is 5. The van der Waals surface area contributed by atoms with Crippen LogP contribution in [0, 0.1) is 0 Å². The number of oxazole rings is 1. The highest BCUT2D eigenvalue weighted by molar-refractivity contribution is 5.93. The largest absolute Gasteiger partial charge is 0.497 e. The Labute approximate surface area is 110 Å². The van der Waals surface area contributed by atoms with Gasteiger partial charge in [-0.05, 0) is 12.1 Å². The van der Waals surface area contributed by atoms with Crippen molar-refractivity contribution >= 4 is 11.6 Å². The number of carbonyl (C=O) groups excluding carboxylic acids is 1. The van der Waals surface area contributed by atoms with Gasteiger partial charge in [-0.15, -0.1) is 0 Å². The van der Waals surface area contributed by atoms with Crippen LogP contribution < -0.4 is 14.8 Å². The standard InChI is InChI=1S/C13H14N2O4/c1-17-10-3-4-12(18-2)11(6-10)15-13(16)5-9-7-19-8-14-9/h3-4,6-8H,5H2,1-2H3,(H,15,16). The first-order chi connectivity index (χ1) is 9.22. The molecule has 0 saturated heterocycles. The van der Waals surface area contributed by atoms with Crippen LogP contribution in [0.5, 0.6) is 11.5 Å². The number of anilines is 1. The molecule has 0 bridgehead atoms. The van der Waals surface area contributed by atoms with Gasteiger partial charge in [0.05, 0.1) is 32.0 Å². The molecule has 0 aliphatic rings. The van der Waals surface area contributed by atoms with E-state index in [1.54, 1.807) is 25.3 Å². The summed E-state index contributed by atoms with van der Waals surface area (Å²) < 4.78 is 15.1. The number of nitrogens with zero attached hydrogens (tertiary/aromatic N) is 1. The maximum atomic E-state index is 11.9. The second-order valence-corrected chi connectivity index (χ2v) is 3.77. The molecule has 1 aromatic heterocycles. The maximum absolute atomic E-state index is 11.9. The van der Waals surface area contributed by atoms with E-state index >= 15 is 0 Å². The van der Waals surface area contributed by atoms with Crippen LogP contribution in [0.1, 0.15) is 5.69 Å². The quantitative estimate of drug-likeness (QED) is 0.890. The highest BCUT2D eigenvalue weighted by atomic mass is 16.5. The van der Waals surface area contributed by atoms with Gasteiger partial charge in [-0.25, -0.2) is 4.98 Å². The Bertz CT molecular complexity index is 552. The summed E-state index contributed by atoms with van der Waals surface area (Å²) in [5, 5.41) is 2.75. The van der Waals surface area contributed by atoms with Gasteiger partial charge < -0.3 is 19.2 Å². The van der Waals surface area contributed by atoms with Crippen LogP contribution in [-0.2, 0) is 11.2 Å². The molecule has 1 heterocycles. The van der Waals surface area contributed by atoms with Crippen molar-refractivity contribution in [2.75, 3.05) is 19.5 Å². The van der Waals surface area contributed by atoms with E-state index < -0.39 is 0 Å². The van der Waals surface area contributed by atoms with Gasteiger partial charge in [0.25, 0.3) is 0 Å². The topological polar surface area (TPSA) is 73.6 Å². The third-order valence-electron chi connectivity index (χ3n) is 2.51. The number of hydrogen-bond donors (Lipinski definition) is 1. The molecule has 0 fully saturated rings. The minimum absolute atomic E-state index is 0.136. The molecular formula is C13H14N2O4. The van der Waals surface area contributed by atoms with E-state index in [0.717, 1.165) is 0 Å². The van der Waals surface area contributed by atoms with E-state index in [2.05, 4.69) is 10.3 Å². The van der Waals surface area contributed by atoms with Gasteiger partial charge in [0, 0.05) is 6.07 Å². The van der Waals surface area contributed by atoms with Crippen LogP contribution in [0.2, 0.25) is 0 Å². The third-order valence-corrected chi connectivity index (χ3v) is 2.51. The molecule has 2 aromatic rings. The molecule has 100 valence electrons. The second-order valence-electron chi connectivity index (χ2n) is 3.77. The average molecular weight is 262 g/mol. The Balaban J connectivity index is 2.10. The van der Waals surface area contributed by atoms with Crippen molar-refractivity contribution in [2.45, 2.75) is 6.42 Å². The highest BCUT2D eigenvalue weighted by Gasteiger charge is 2.10. The average Bonchev–Trinajstić information content (AvgIpc) is 2.91. The molecule has 1 N–H and O–H groups in total. The zero-order valence-electron chi connectivity index (χ0n) is 10.7. The number of hydrogen-bond acceptors (Lipinski definition) is 5. The first-order valence-electron chi connectivity index (χ1n) is 5.62. The monoisotopic (exact) mass is 262 g/mol. The number of aromatic nitrogens is 1. The molecule has 0 aliphatic heterocycles. The Morgan fingerprint density at radius 3 is 2.84 bits per heavy atom. The first kappa shape index (κ1) is 12.9. The summed E-state index contributed by atoms with van der Waals surface area (Å²) in [6.07, 6.45) is 2.86. The van der Waals surface area contributed by atoms with E-state index in [4.69, 9.17) is 13.9 Å². The normalized spacial score (nSPS) is 10.0. The van der Waals surface area contributed by atoms with Crippen LogP contribution in [0.3, 0.4) is 0 Å². The van der Waals surface area contributed by atoms with E-state index in [-0.39, 0.29) is 12.3 Å². The first-order valence-corrected chi connectivity index (χ1v) is 5.62. The molecule has 1 amide bonds. The van der Waals surface area contributed by atoms with E-state index in [9.17, 15) is 4.79 Å². The third kappa shape index (κ3) is 3.25. The van der Waals surface area contributed by atoms with Crippen LogP contribution in [-0.4, -0.2) is 25.1 Å². The second kappa shape index (κ2) is 5.90. The van der Waals surface area contributed by atoms with Crippen molar-refractivity contribution in [1.29, 1.82) is 0 Å². The van der Waals surface area contributed by atoms with Gasteiger partial charge in [0.1, 0.15) is 17.8 Å². The lowest BCUT2D eigenvalue weighted by Gasteiger charge is -2.11. The summed E-state index contributed by atoms with van der Waals surface area (Å²) in [5.74, 6) is 0.993. The lowest BCUT2D eigenvalue weighted by Crippen LogP contribution is -2.15. The van der Waals surface area contributed by atoms with Gasteiger partial charge >= 0.3 is 0 Å². The van der Waals surface area contributed by atoms with Crippen molar-refractivity contribution in [3.05, 3.63) is 36.5 Å². The molecule has 0 spiro atoms. The fourth-order valence-corrected chi connectivity index (χ4v) is 1.60. The van der Waals surface area contributed by atoms with Crippen LogP contribution in [0.4, 0.5) is 5.69 Å². The number of amides is 1. The zero-order chi connectivity index (χ0) is 13.7. The summed E-state index contributed by atoms with van der Waals surface area (Å²) in [4.78, 5) is 15.7. The van der Waals surface area contributed by atoms with Crippen LogP contribution in [0.25, 0.3) is 0 Å². The van der Waals surface area contributed by atoms with Gasteiger partial charge in [0.15, 0.2) is 6.39 Å². The minimum atomic E-state index is -0.208. The number of methoxy groups -OCH3 is 2. The van der Waals surface area contributed by atoms with Crippen molar-refractivity contribution in [3.8, 4) is 11.5 Å². The van der Waals surface area contributed by atoms with Crippen molar-refractivity contribution < 1.29 is 18.7 Å². The summed E-state index contributed by atoms with van der Waals surface area (Å²) in [6, 6.07) is 5.18. The summed E-state index contributed by atoms with van der Waals surface area (Å²) in [5.41, 5.74) is 1.12. The van der Waals surface area contributed by atoms with E-state index in [0.29, 0.717) is 22.9 Å². The molecular weight excluding hydrogens is 248 g/mol. The molecule has 2 rings (SSSR count). The Morgan fingerprint density at radius 1 is 1.37 bits per heavy atom. The number of ether oxygens (including phenoxy) is 2. The fourth-order valence-electron chi connectivity index (χ4n) is 1.60. The minimum Gasteiger partial charge on any atom is -0.497 e. The Morgan fingerprint density at radius 2 is 2.21 bits per heavy atom. The molecule has 0 unspecified atom stereocenters. The number of benzene rings is 1. The SMILES string of the molecule is COc1ccc(OC)c(NC(=O)Cc2cocn2)c1. The highest BCUT2D eigenvalue weighted by Crippen LogP contribution is 2.28. The molecule has 0 atom stereocenters. The lowest BCUT2D eigenvalue weighted by molar-refractivity contribution is -0.115. The predicted octanol–water partition coefficient (Wildman–Crippen LogP) is 1.87.